The Balaban J connectivity index is 1.30. The van der Waals surface area contributed by atoms with Crippen molar-refractivity contribution in [2.45, 2.75) is 46.1 Å². The average Bonchev–Trinajstić information content (AvgIpc) is 3.03. The Morgan fingerprint density at radius 3 is 2.21 bits per heavy atom. The van der Waals surface area contributed by atoms with E-state index < -0.39 is 0 Å². The maximum Gasteiger partial charge on any atom is 0.156 e. The normalized spacial score (nSPS) is 11.3. The van der Waals surface area contributed by atoms with E-state index in [0.29, 0.717) is 6.42 Å². The molecule has 0 unspecified atom stereocenters. The first-order valence-corrected chi connectivity index (χ1v) is 14.7. The van der Waals surface area contributed by atoms with Gasteiger partial charge in [0.1, 0.15) is 5.52 Å². The molecule has 0 aliphatic rings. The summed E-state index contributed by atoms with van der Waals surface area (Å²) in [4.78, 5) is 18.7. The van der Waals surface area contributed by atoms with Crippen molar-refractivity contribution in [1.82, 2.24) is 19.9 Å². The Morgan fingerprint density at radius 2 is 1.40 bits per heavy atom. The van der Waals surface area contributed by atoms with Crippen LogP contribution in [0.25, 0.3) is 32.9 Å². The molecule has 43 heavy (non-hydrogen) atoms. The van der Waals surface area contributed by atoms with Gasteiger partial charge in [-0.05, 0) is 102 Å². The summed E-state index contributed by atoms with van der Waals surface area (Å²) in [6.07, 6.45) is 10.5. The molecule has 0 saturated carbocycles. The fraction of sp³-hybridized carbons (Fsp3) is 0.222. The predicted molar refractivity (Wildman–Crippen MR) is 172 cm³/mol. The summed E-state index contributed by atoms with van der Waals surface area (Å²) in [6.45, 7) is 4.49. The first kappa shape index (κ1) is 28.4. The highest BCUT2D eigenvalue weighted by Gasteiger charge is 2.15. The van der Waals surface area contributed by atoms with Gasteiger partial charge in [0.2, 0.25) is 0 Å². The predicted octanol–water partition coefficient (Wildman–Crippen LogP) is 7.00. The second kappa shape index (κ2) is 12.7. The fourth-order valence-electron chi connectivity index (χ4n) is 5.69. The van der Waals surface area contributed by atoms with E-state index in [-0.39, 0.29) is 13.2 Å². The minimum Gasteiger partial charge on any atom is -0.396 e. The van der Waals surface area contributed by atoms with Crippen molar-refractivity contribution in [3.63, 3.8) is 0 Å². The number of pyridine rings is 4. The molecule has 0 bridgehead atoms. The fourth-order valence-corrected chi connectivity index (χ4v) is 5.69. The van der Waals surface area contributed by atoms with Crippen molar-refractivity contribution >= 4 is 33.3 Å². The lowest BCUT2D eigenvalue weighted by Gasteiger charge is -2.17. The number of aliphatic hydroxyl groups excluding tert-OH is 2. The van der Waals surface area contributed by atoms with Crippen LogP contribution in [0, 0.1) is 13.8 Å². The molecule has 0 aliphatic heterocycles. The Morgan fingerprint density at radius 1 is 0.698 bits per heavy atom. The standard InChI is InChI=1S/C36H35N5O2/c1-23-27(19-33-34-28(12-14-37-33)18-26(22-43)21-39-34)8-5-9-30(23)31-10-6-11-32(24(31)2)41-36-35-29(13-15-38-36)17-25(20-40-35)7-3-4-16-42/h5-6,8-15,17-18,20-21,42-43H,3-4,7,16,19,22H2,1-2H3,(H,38,41). The third-order valence-electron chi connectivity index (χ3n) is 8.12. The molecule has 0 spiro atoms. The van der Waals surface area contributed by atoms with Crippen molar-refractivity contribution in [3.8, 4) is 11.1 Å². The first-order chi connectivity index (χ1) is 21.1. The zero-order chi connectivity index (χ0) is 29.8. The van der Waals surface area contributed by atoms with Crippen LogP contribution in [0.1, 0.15) is 46.4 Å². The van der Waals surface area contributed by atoms with Crippen molar-refractivity contribution < 1.29 is 10.2 Å². The number of benzene rings is 2. The molecule has 0 atom stereocenters. The molecule has 6 rings (SSSR count). The Kier molecular flexibility index (Phi) is 8.36. The number of aryl methyl sites for hydroxylation is 1. The van der Waals surface area contributed by atoms with Crippen molar-refractivity contribution in [2.75, 3.05) is 11.9 Å². The number of hydrogen-bond acceptors (Lipinski definition) is 7. The average molecular weight is 570 g/mol. The maximum atomic E-state index is 9.52. The molecule has 216 valence electrons. The SMILES string of the molecule is Cc1c(Cc2nccc3cc(CO)cnc23)cccc1-c1cccc(Nc2nccc3cc(CCCCO)cnc23)c1C. The molecule has 0 fully saturated rings. The number of unbranched alkanes of at least 4 members (excludes halogenated alkanes) is 1. The molecule has 6 aromatic rings. The van der Waals surface area contributed by atoms with Gasteiger partial charge in [0.05, 0.1) is 17.8 Å². The summed E-state index contributed by atoms with van der Waals surface area (Å²) in [5.74, 6) is 0.726. The van der Waals surface area contributed by atoms with Gasteiger partial charge in [-0.1, -0.05) is 30.3 Å². The highest BCUT2D eigenvalue weighted by molar-refractivity contribution is 5.91. The molecule has 7 heteroatoms. The van der Waals surface area contributed by atoms with E-state index in [1.165, 1.54) is 16.7 Å². The summed E-state index contributed by atoms with van der Waals surface area (Å²) < 4.78 is 0. The second-order valence-corrected chi connectivity index (χ2v) is 11.0. The van der Waals surface area contributed by atoms with Gasteiger partial charge >= 0.3 is 0 Å². The molecule has 3 N–H and O–H groups in total. The second-order valence-electron chi connectivity index (χ2n) is 11.0. The lowest BCUT2D eigenvalue weighted by Crippen LogP contribution is -2.01. The zero-order valence-electron chi connectivity index (χ0n) is 24.5. The number of nitrogens with one attached hydrogen (secondary N) is 1. The van der Waals surface area contributed by atoms with Crippen molar-refractivity contribution in [1.29, 1.82) is 0 Å². The minimum atomic E-state index is -0.0326. The highest BCUT2D eigenvalue weighted by Crippen LogP contribution is 2.35. The van der Waals surface area contributed by atoms with Gasteiger partial charge in [0, 0.05) is 54.3 Å². The Labute approximate surface area is 251 Å². The summed E-state index contributed by atoms with van der Waals surface area (Å²) in [5, 5.41) is 24.2. The van der Waals surface area contributed by atoms with Crippen LogP contribution in [0.15, 0.2) is 85.5 Å². The van der Waals surface area contributed by atoms with E-state index >= 15 is 0 Å². The Hall–Kier alpha value is -4.72. The van der Waals surface area contributed by atoms with E-state index in [4.69, 9.17) is 10.1 Å². The molecule has 0 radical (unpaired) electrons. The van der Waals surface area contributed by atoms with E-state index in [0.717, 1.165) is 80.5 Å². The smallest absolute Gasteiger partial charge is 0.156 e. The third-order valence-corrected chi connectivity index (χ3v) is 8.12. The van der Waals surface area contributed by atoms with E-state index in [2.05, 4.69) is 76.6 Å². The molecule has 2 aromatic carbocycles. The van der Waals surface area contributed by atoms with Crippen molar-refractivity contribution in [2.24, 2.45) is 0 Å². The summed E-state index contributed by atoms with van der Waals surface area (Å²) >= 11 is 0. The number of aromatic nitrogens is 4. The van der Waals surface area contributed by atoms with Crippen molar-refractivity contribution in [3.05, 3.63) is 119 Å². The number of hydrogen-bond donors (Lipinski definition) is 3. The van der Waals surface area contributed by atoms with Crippen LogP contribution >= 0.6 is 0 Å². The molecule has 4 aromatic heterocycles. The molecule has 0 amide bonds. The van der Waals surface area contributed by atoms with Crippen LogP contribution < -0.4 is 5.32 Å². The third kappa shape index (κ3) is 5.95. The van der Waals surface area contributed by atoms with E-state index in [1.54, 1.807) is 6.20 Å². The van der Waals surface area contributed by atoms with Gasteiger partial charge in [-0.25, -0.2) is 4.98 Å². The number of anilines is 2. The van der Waals surface area contributed by atoms with Crippen LogP contribution in [0.5, 0.6) is 0 Å². The monoisotopic (exact) mass is 569 g/mol. The molecule has 4 heterocycles. The zero-order valence-corrected chi connectivity index (χ0v) is 24.5. The quantitative estimate of drug-likeness (QED) is 0.153. The largest absolute Gasteiger partial charge is 0.396 e. The topological polar surface area (TPSA) is 104 Å². The first-order valence-electron chi connectivity index (χ1n) is 14.7. The molecule has 7 nitrogen and oxygen atoms in total. The van der Waals surface area contributed by atoms with E-state index in [1.807, 2.05) is 36.8 Å². The Bertz CT molecular complexity index is 1920. The highest BCUT2D eigenvalue weighted by atomic mass is 16.3. The molecule has 0 aliphatic carbocycles. The van der Waals surface area contributed by atoms with Crippen LogP contribution in [-0.4, -0.2) is 36.8 Å². The maximum absolute atomic E-state index is 9.52. The molecular weight excluding hydrogens is 534 g/mol. The van der Waals surface area contributed by atoms with Crippen LogP contribution in [0.2, 0.25) is 0 Å². The number of nitrogens with zero attached hydrogens (tertiary/aromatic N) is 4. The lowest BCUT2D eigenvalue weighted by atomic mass is 9.91. The number of rotatable bonds is 10. The summed E-state index contributed by atoms with van der Waals surface area (Å²) in [5.41, 5.74) is 11.4. The van der Waals surface area contributed by atoms with Crippen LogP contribution in [-0.2, 0) is 19.4 Å². The number of aliphatic hydroxyl groups is 2. The van der Waals surface area contributed by atoms with Gasteiger partial charge in [-0.15, -0.1) is 0 Å². The molecular formula is C36H35N5O2. The lowest BCUT2D eigenvalue weighted by molar-refractivity contribution is 0.281. The van der Waals surface area contributed by atoms with Gasteiger partial charge in [0.25, 0.3) is 0 Å². The van der Waals surface area contributed by atoms with Crippen LogP contribution in [0.4, 0.5) is 11.5 Å². The van der Waals surface area contributed by atoms with Gasteiger partial charge in [0.15, 0.2) is 5.82 Å². The minimum absolute atomic E-state index is 0.0326. The molecule has 0 saturated heterocycles. The van der Waals surface area contributed by atoms with E-state index in [9.17, 15) is 5.11 Å². The van der Waals surface area contributed by atoms with Gasteiger partial charge in [-0.2, -0.15) is 0 Å². The number of fused-ring (bicyclic) bond motifs is 2. The van der Waals surface area contributed by atoms with Crippen LogP contribution in [0.3, 0.4) is 0 Å². The summed E-state index contributed by atoms with van der Waals surface area (Å²) in [6, 6.07) is 20.8. The van der Waals surface area contributed by atoms with Gasteiger partial charge in [-0.3, -0.25) is 15.0 Å². The van der Waals surface area contributed by atoms with Gasteiger partial charge < -0.3 is 15.5 Å². The summed E-state index contributed by atoms with van der Waals surface area (Å²) in [7, 11) is 0.